The zero-order valence-corrected chi connectivity index (χ0v) is 30.7. The number of thiophene rings is 1. The van der Waals surface area contributed by atoms with Crippen LogP contribution in [0.3, 0.4) is 0 Å². The van der Waals surface area contributed by atoms with Crippen molar-refractivity contribution >= 4 is 32.5 Å². The molecule has 1 radical (unpaired) electrons. The van der Waals surface area contributed by atoms with Crippen LogP contribution in [0.15, 0.2) is 170 Å². The SMILES string of the molecule is [2H]C([2H])([2H])c1ccc(-c2[c-]cccc2)nc1.[Ir].[c-]1sc2cc(Cc3ccccc3)ccc2c1-c1nc2ccccc2n1-c1ccc(-c2ccccc2)cc1. The smallest absolute Gasteiger partial charge is 0.0774 e. The van der Waals surface area contributed by atoms with Gasteiger partial charge in [-0.3, -0.25) is 16.3 Å². The number of hydrogen-bond acceptors (Lipinski definition) is 3. The van der Waals surface area contributed by atoms with Gasteiger partial charge in [-0.25, -0.2) is 0 Å². The van der Waals surface area contributed by atoms with Crippen molar-refractivity contribution in [3.8, 4) is 39.5 Å². The van der Waals surface area contributed by atoms with Crippen LogP contribution in [0.25, 0.3) is 60.6 Å². The molecular formula is C46H33IrN3S-2. The van der Waals surface area contributed by atoms with Crippen molar-refractivity contribution in [2.75, 3.05) is 0 Å². The van der Waals surface area contributed by atoms with Crippen molar-refractivity contribution in [1.29, 1.82) is 0 Å². The van der Waals surface area contributed by atoms with Crippen LogP contribution in [0, 0.1) is 18.3 Å². The van der Waals surface area contributed by atoms with Gasteiger partial charge in [0.05, 0.1) is 16.9 Å². The zero-order valence-electron chi connectivity index (χ0n) is 30.5. The van der Waals surface area contributed by atoms with Crippen molar-refractivity contribution in [2.24, 2.45) is 0 Å². The van der Waals surface area contributed by atoms with Gasteiger partial charge in [-0.05, 0) is 65.5 Å². The fourth-order valence-electron chi connectivity index (χ4n) is 6.12. The average molecular weight is 855 g/mol. The molecule has 0 spiro atoms. The number of aromatic nitrogens is 3. The largest absolute Gasteiger partial charge is 0.333 e. The predicted molar refractivity (Wildman–Crippen MR) is 209 cm³/mol. The monoisotopic (exact) mass is 855 g/mol. The second-order valence-corrected chi connectivity index (χ2v) is 12.8. The number of aryl methyl sites for hydroxylation is 1. The molecule has 0 atom stereocenters. The molecule has 0 bridgehead atoms. The van der Waals surface area contributed by atoms with Gasteiger partial charge in [0.1, 0.15) is 0 Å². The summed E-state index contributed by atoms with van der Waals surface area (Å²) in [6.07, 6.45) is 2.32. The molecule has 9 aromatic rings. The van der Waals surface area contributed by atoms with Gasteiger partial charge in [0.15, 0.2) is 0 Å². The quantitative estimate of drug-likeness (QED) is 0.156. The minimum absolute atomic E-state index is 0. The number of pyridine rings is 1. The predicted octanol–water partition coefficient (Wildman–Crippen LogP) is 11.8. The summed E-state index contributed by atoms with van der Waals surface area (Å²) in [5.74, 6) is 0.927. The van der Waals surface area contributed by atoms with Crippen LogP contribution in [0.4, 0.5) is 0 Å². The Morgan fingerprint density at radius 2 is 1.45 bits per heavy atom. The number of hydrogen-bond donors (Lipinski definition) is 0. The van der Waals surface area contributed by atoms with E-state index in [0.29, 0.717) is 0 Å². The van der Waals surface area contributed by atoms with Gasteiger partial charge >= 0.3 is 0 Å². The third-order valence-corrected chi connectivity index (χ3v) is 9.46. The van der Waals surface area contributed by atoms with Crippen LogP contribution in [0.2, 0.25) is 0 Å². The molecule has 5 heteroatoms. The van der Waals surface area contributed by atoms with Crippen LogP contribution < -0.4 is 0 Å². The van der Waals surface area contributed by atoms with E-state index in [0.717, 1.165) is 45.8 Å². The fraction of sp³-hybridized carbons (Fsp3) is 0.0435. The molecule has 249 valence electrons. The molecule has 0 aliphatic carbocycles. The van der Waals surface area contributed by atoms with E-state index in [1.54, 1.807) is 29.5 Å². The van der Waals surface area contributed by atoms with Crippen LogP contribution >= 0.6 is 11.3 Å². The van der Waals surface area contributed by atoms with Crippen molar-refractivity contribution in [3.63, 3.8) is 0 Å². The minimum Gasteiger partial charge on any atom is -0.333 e. The molecule has 0 saturated heterocycles. The molecule has 0 aliphatic heterocycles. The molecular weight excluding hydrogens is 819 g/mol. The fourth-order valence-corrected chi connectivity index (χ4v) is 7.02. The Kier molecular flexibility index (Phi) is 9.30. The van der Waals surface area contributed by atoms with Crippen LogP contribution in [0.5, 0.6) is 0 Å². The van der Waals surface area contributed by atoms with E-state index in [1.165, 1.54) is 38.5 Å². The third kappa shape index (κ3) is 7.52. The molecule has 0 amide bonds. The first kappa shape index (κ1) is 30.4. The standard InChI is InChI=1S/C34H23N2S.C12H10N.Ir/c1-3-9-24(10-4-1)21-25-15-20-29-30(23-37-33(29)22-25)34-35-31-13-7-8-14-32(31)36(34)28-18-16-27(17-19-28)26-11-5-2-6-12-26;1-10-7-8-12(13-9-10)11-5-3-2-4-6-11;/h1-20,22H,21H2;2-5,7-9H,1H3;/q2*-1;/i;1D3;. The van der Waals surface area contributed by atoms with E-state index in [-0.39, 0.29) is 25.7 Å². The van der Waals surface area contributed by atoms with E-state index in [2.05, 4.69) is 136 Å². The van der Waals surface area contributed by atoms with Gasteiger partial charge < -0.3 is 9.55 Å². The number of para-hydroxylation sites is 2. The Bertz CT molecular complexity index is 2600. The molecule has 0 aliphatic rings. The van der Waals surface area contributed by atoms with Gasteiger partial charge in [0.2, 0.25) is 0 Å². The second-order valence-electron chi connectivity index (χ2n) is 12.0. The Labute approximate surface area is 320 Å². The summed E-state index contributed by atoms with van der Waals surface area (Å²) < 4.78 is 25.2. The van der Waals surface area contributed by atoms with Gasteiger partial charge in [-0.15, -0.1) is 47.3 Å². The first-order chi connectivity index (χ1) is 25.9. The summed E-state index contributed by atoms with van der Waals surface area (Å²) in [4.78, 5) is 9.21. The van der Waals surface area contributed by atoms with E-state index >= 15 is 0 Å². The maximum atomic E-state index is 7.23. The van der Waals surface area contributed by atoms with Crippen molar-refractivity contribution in [1.82, 2.24) is 14.5 Å². The average Bonchev–Trinajstić information content (AvgIpc) is 3.80. The maximum absolute atomic E-state index is 7.23. The number of imidazole rings is 1. The summed E-state index contributed by atoms with van der Waals surface area (Å²) in [7, 11) is 0. The van der Waals surface area contributed by atoms with Crippen LogP contribution in [-0.2, 0) is 26.5 Å². The van der Waals surface area contributed by atoms with E-state index < -0.39 is 6.85 Å². The zero-order chi connectivity index (χ0) is 36.2. The molecule has 0 fully saturated rings. The molecule has 6 aromatic carbocycles. The van der Waals surface area contributed by atoms with Gasteiger partial charge in [0, 0.05) is 36.1 Å². The van der Waals surface area contributed by atoms with Crippen molar-refractivity contribution < 1.29 is 24.2 Å². The van der Waals surface area contributed by atoms with Crippen LogP contribution in [0.1, 0.15) is 20.8 Å². The topological polar surface area (TPSA) is 30.7 Å². The second kappa shape index (κ2) is 15.6. The summed E-state index contributed by atoms with van der Waals surface area (Å²) in [5, 5.41) is 4.78. The maximum Gasteiger partial charge on any atom is 0.0774 e. The molecule has 3 heterocycles. The van der Waals surface area contributed by atoms with Gasteiger partial charge in [0.25, 0.3) is 0 Å². The number of fused-ring (bicyclic) bond motifs is 2. The molecule has 3 aromatic heterocycles. The molecule has 3 nitrogen and oxygen atoms in total. The molecule has 0 N–H and O–H groups in total. The first-order valence-corrected chi connectivity index (χ1v) is 17.3. The minimum atomic E-state index is -2.09. The Morgan fingerprint density at radius 3 is 2.20 bits per heavy atom. The van der Waals surface area contributed by atoms with Crippen molar-refractivity contribution in [2.45, 2.75) is 13.3 Å². The van der Waals surface area contributed by atoms with Gasteiger partial charge in [-0.2, -0.15) is 0 Å². The molecule has 51 heavy (non-hydrogen) atoms. The Balaban J connectivity index is 0.000000223. The summed E-state index contributed by atoms with van der Waals surface area (Å²) in [6.45, 7) is -2.09. The molecule has 9 rings (SSSR count). The normalized spacial score (nSPS) is 11.9. The van der Waals surface area contributed by atoms with E-state index in [9.17, 15) is 0 Å². The van der Waals surface area contributed by atoms with E-state index in [1.807, 2.05) is 30.3 Å². The number of nitrogens with zero attached hydrogens (tertiary/aromatic N) is 3. The van der Waals surface area contributed by atoms with Crippen LogP contribution in [-0.4, -0.2) is 14.5 Å². The third-order valence-electron chi connectivity index (χ3n) is 8.60. The van der Waals surface area contributed by atoms with Crippen molar-refractivity contribution in [3.05, 3.63) is 198 Å². The molecule has 0 unspecified atom stereocenters. The summed E-state index contributed by atoms with van der Waals surface area (Å²) in [6, 6.07) is 58.8. The first-order valence-electron chi connectivity index (χ1n) is 18.0. The summed E-state index contributed by atoms with van der Waals surface area (Å²) >= 11 is 1.67. The van der Waals surface area contributed by atoms with Gasteiger partial charge in [-0.1, -0.05) is 130 Å². The number of rotatable bonds is 6. The Morgan fingerprint density at radius 1 is 0.706 bits per heavy atom. The molecule has 0 saturated carbocycles. The summed E-state index contributed by atoms with van der Waals surface area (Å²) in [5.41, 5.74) is 11.1. The Hall–Kier alpha value is -5.45. The van der Waals surface area contributed by atoms with E-state index in [4.69, 9.17) is 9.10 Å². The number of benzene rings is 6.